The molecule has 0 radical (unpaired) electrons. The molecule has 0 aromatic rings. The average Bonchev–Trinajstić information content (AvgIpc) is 2.26. The summed E-state index contributed by atoms with van der Waals surface area (Å²) >= 11 is 0. The van der Waals surface area contributed by atoms with E-state index >= 15 is 0 Å². The van der Waals surface area contributed by atoms with Crippen molar-refractivity contribution in [1.82, 2.24) is 0 Å². The Bertz CT molecular complexity index is 429. The van der Waals surface area contributed by atoms with Crippen LogP contribution < -0.4 is 139 Å². The Morgan fingerprint density at radius 1 is 0.458 bits per heavy atom. The van der Waals surface area contributed by atoms with Gasteiger partial charge in [-0.25, -0.2) is 0 Å². The van der Waals surface area contributed by atoms with Crippen molar-refractivity contribution < 1.29 is 158 Å². The maximum atomic E-state index is 10.8. The fraction of sp³-hybridized carbons (Fsp3) is 0.333. The Labute approximate surface area is 226 Å². The molecular weight excluding hydrogens is 364 g/mol. The summed E-state index contributed by atoms with van der Waals surface area (Å²) in [7, 11) is 0. The predicted octanol–water partition coefficient (Wildman–Crippen LogP) is -17.4. The molecule has 4 atom stereocenters. The van der Waals surface area contributed by atoms with Crippen LogP contribution in [0, 0.1) is 23.7 Å². The third-order valence-electron chi connectivity index (χ3n) is 2.91. The van der Waals surface area contributed by atoms with Gasteiger partial charge in [0, 0.05) is 47.5 Å². The van der Waals surface area contributed by atoms with Crippen molar-refractivity contribution >= 4 is 23.9 Å². The SMILES string of the molecule is O=C([O-])C1/C=C\C(C(=O)[O-])C(C(=O)[O-])/C=C\C1C(=O)[O-].[Na+].[Na+].[Na+].[Na+]. The van der Waals surface area contributed by atoms with Crippen LogP contribution in [0.25, 0.3) is 0 Å². The number of carbonyl (C=O) groups excluding carboxylic acids is 4. The zero-order chi connectivity index (χ0) is 15.4. The summed E-state index contributed by atoms with van der Waals surface area (Å²) in [6, 6.07) is 0. The summed E-state index contributed by atoms with van der Waals surface area (Å²) in [4.78, 5) is 43.4. The third kappa shape index (κ3) is 9.34. The summed E-state index contributed by atoms with van der Waals surface area (Å²) in [5, 5.41) is 43.4. The molecule has 108 valence electrons. The second-order valence-electron chi connectivity index (χ2n) is 4.15. The first-order valence-corrected chi connectivity index (χ1v) is 5.45. The summed E-state index contributed by atoms with van der Waals surface area (Å²) in [6.07, 6.45) is 2.98. The van der Waals surface area contributed by atoms with E-state index in [1.54, 1.807) is 0 Å². The van der Waals surface area contributed by atoms with Gasteiger partial charge in [0.2, 0.25) is 0 Å². The molecule has 0 N–H and O–H groups in total. The smallest absolute Gasteiger partial charge is 0.549 e. The molecule has 0 heterocycles. The predicted molar refractivity (Wildman–Crippen MR) is 52.3 cm³/mol. The first-order chi connectivity index (χ1) is 9.25. The fourth-order valence-electron chi connectivity index (χ4n) is 1.86. The van der Waals surface area contributed by atoms with Crippen molar-refractivity contribution in [3.63, 3.8) is 0 Å². The summed E-state index contributed by atoms with van der Waals surface area (Å²) in [5.74, 6) is -13.8. The molecule has 0 bridgehead atoms. The monoisotopic (exact) mass is 372 g/mol. The fourth-order valence-corrected chi connectivity index (χ4v) is 1.86. The van der Waals surface area contributed by atoms with Gasteiger partial charge >= 0.3 is 118 Å². The normalized spacial score (nSPS) is 27.0. The number of aliphatic carboxylic acids is 4. The van der Waals surface area contributed by atoms with Crippen molar-refractivity contribution in [2.75, 3.05) is 0 Å². The first kappa shape index (κ1) is 33.0. The Balaban J connectivity index is -0.000000500. The van der Waals surface area contributed by atoms with Crippen molar-refractivity contribution in [3.8, 4) is 0 Å². The van der Waals surface area contributed by atoms with Crippen LogP contribution in [0.2, 0.25) is 0 Å². The van der Waals surface area contributed by atoms with E-state index in [0.29, 0.717) is 0 Å². The van der Waals surface area contributed by atoms with Crippen molar-refractivity contribution in [2.45, 2.75) is 0 Å². The first-order valence-electron chi connectivity index (χ1n) is 5.45. The van der Waals surface area contributed by atoms with Gasteiger partial charge in [-0.15, -0.1) is 0 Å². The molecular formula is C12H8Na4O8. The van der Waals surface area contributed by atoms with E-state index in [1.807, 2.05) is 0 Å². The Kier molecular flexibility index (Phi) is 21.2. The Morgan fingerprint density at radius 2 is 0.583 bits per heavy atom. The van der Waals surface area contributed by atoms with E-state index in [1.165, 1.54) is 0 Å². The van der Waals surface area contributed by atoms with Crippen molar-refractivity contribution in [2.24, 2.45) is 23.7 Å². The number of hydrogen-bond donors (Lipinski definition) is 0. The summed E-state index contributed by atoms with van der Waals surface area (Å²) < 4.78 is 0. The molecule has 0 spiro atoms. The quantitative estimate of drug-likeness (QED) is 0.347. The molecule has 1 aliphatic carbocycles. The number of carbonyl (C=O) groups is 4. The molecule has 24 heavy (non-hydrogen) atoms. The topological polar surface area (TPSA) is 161 Å². The summed E-state index contributed by atoms with van der Waals surface area (Å²) in [5.41, 5.74) is 0. The molecule has 12 heteroatoms. The molecule has 1 rings (SSSR count). The zero-order valence-electron chi connectivity index (χ0n) is 13.9. The van der Waals surface area contributed by atoms with E-state index in [-0.39, 0.29) is 118 Å². The Hall–Kier alpha value is 1.36. The molecule has 4 unspecified atom stereocenters. The number of carboxylic acid groups (broad SMARTS) is 4. The molecule has 0 saturated carbocycles. The summed E-state index contributed by atoms with van der Waals surface area (Å²) in [6.45, 7) is 0. The van der Waals surface area contributed by atoms with Gasteiger partial charge in [-0.1, -0.05) is 24.3 Å². The van der Waals surface area contributed by atoms with Crippen molar-refractivity contribution in [3.05, 3.63) is 24.3 Å². The minimum absolute atomic E-state index is 0. The number of carboxylic acids is 4. The maximum Gasteiger partial charge on any atom is 1.00 e. The van der Waals surface area contributed by atoms with E-state index in [0.717, 1.165) is 24.3 Å². The van der Waals surface area contributed by atoms with Crippen LogP contribution in [0.3, 0.4) is 0 Å². The van der Waals surface area contributed by atoms with Gasteiger partial charge in [0.05, 0.1) is 0 Å². The van der Waals surface area contributed by atoms with Gasteiger partial charge in [0.1, 0.15) is 0 Å². The molecule has 0 saturated heterocycles. The largest absolute Gasteiger partial charge is 1.00 e. The van der Waals surface area contributed by atoms with Gasteiger partial charge in [-0.2, -0.15) is 0 Å². The zero-order valence-corrected chi connectivity index (χ0v) is 21.9. The molecule has 1 aliphatic rings. The van der Waals surface area contributed by atoms with Crippen LogP contribution in [0.15, 0.2) is 24.3 Å². The van der Waals surface area contributed by atoms with Crippen LogP contribution in [0.1, 0.15) is 0 Å². The van der Waals surface area contributed by atoms with E-state index < -0.39 is 47.5 Å². The Morgan fingerprint density at radius 3 is 0.667 bits per heavy atom. The van der Waals surface area contributed by atoms with Gasteiger partial charge < -0.3 is 39.6 Å². The van der Waals surface area contributed by atoms with Crippen LogP contribution in [-0.4, -0.2) is 23.9 Å². The minimum Gasteiger partial charge on any atom is -0.549 e. The van der Waals surface area contributed by atoms with Gasteiger partial charge in [-0.3, -0.25) is 0 Å². The third-order valence-corrected chi connectivity index (χ3v) is 2.91. The van der Waals surface area contributed by atoms with E-state index in [2.05, 4.69) is 0 Å². The minimum atomic E-state index is -1.76. The number of hydrogen-bond acceptors (Lipinski definition) is 8. The van der Waals surface area contributed by atoms with Crippen molar-refractivity contribution in [1.29, 1.82) is 0 Å². The van der Waals surface area contributed by atoms with Gasteiger partial charge in [0.25, 0.3) is 0 Å². The molecule has 0 aromatic carbocycles. The number of rotatable bonds is 4. The van der Waals surface area contributed by atoms with Gasteiger partial charge in [0.15, 0.2) is 0 Å². The standard InChI is InChI=1S/C12H12O8.4Na/c13-9(14)5-1-2-6(10(15)16)8(12(19)20)4-3-7(5)11(17)18;;;;/h1-8H,(H,13,14)(H,15,16)(H,17,18)(H,19,20);;;;/q;4*+1/p-4/b2-1-,4-3-;;;;. The van der Waals surface area contributed by atoms with Crippen LogP contribution in [-0.2, 0) is 19.2 Å². The molecule has 0 fully saturated rings. The molecule has 0 amide bonds. The maximum absolute atomic E-state index is 10.8. The van der Waals surface area contributed by atoms with Crippen LogP contribution in [0.5, 0.6) is 0 Å². The second-order valence-corrected chi connectivity index (χ2v) is 4.15. The van der Waals surface area contributed by atoms with E-state index in [4.69, 9.17) is 0 Å². The molecule has 8 nitrogen and oxygen atoms in total. The molecule has 0 aliphatic heterocycles. The molecule has 0 aromatic heterocycles. The van der Waals surface area contributed by atoms with Gasteiger partial charge in [-0.05, 0) is 0 Å². The second kappa shape index (κ2) is 15.4. The van der Waals surface area contributed by atoms with Crippen LogP contribution >= 0.6 is 0 Å². The van der Waals surface area contributed by atoms with Crippen LogP contribution in [0.4, 0.5) is 0 Å². The average molecular weight is 372 g/mol. The van der Waals surface area contributed by atoms with E-state index in [9.17, 15) is 39.6 Å².